The number of fused-ring (bicyclic) bond motifs is 1. The number of nitrogens with zero attached hydrogens (tertiary/aromatic N) is 4. The second kappa shape index (κ2) is 8.67. The van der Waals surface area contributed by atoms with E-state index in [1.165, 1.54) is 29.1 Å². The Kier molecular flexibility index (Phi) is 6.09. The first kappa shape index (κ1) is 22.5. The summed E-state index contributed by atoms with van der Waals surface area (Å²) in [6.45, 7) is 2.06. The lowest BCUT2D eigenvalue weighted by molar-refractivity contribution is -0.137. The van der Waals surface area contributed by atoms with Crippen LogP contribution in [0.3, 0.4) is 0 Å². The lowest BCUT2D eigenvalue weighted by Crippen LogP contribution is -2.30. The average Bonchev–Trinajstić information content (AvgIpc) is 3.16. The third-order valence-corrected chi connectivity index (χ3v) is 5.94. The lowest BCUT2D eigenvalue weighted by atomic mass is 10.1. The van der Waals surface area contributed by atoms with E-state index in [1.807, 2.05) is 6.92 Å². The molecule has 0 aliphatic carbocycles. The van der Waals surface area contributed by atoms with Gasteiger partial charge in [0.2, 0.25) is 0 Å². The number of rotatable bonds is 4. The van der Waals surface area contributed by atoms with Gasteiger partial charge < -0.3 is 4.90 Å². The number of halogens is 5. The molecule has 0 fully saturated rings. The van der Waals surface area contributed by atoms with Gasteiger partial charge in [0.05, 0.1) is 22.0 Å². The Hall–Kier alpha value is -2.72. The molecular weight excluding hydrogens is 468 g/mol. The number of carbonyl (C=O) groups is 1. The topological polar surface area (TPSA) is 59.0 Å². The van der Waals surface area contributed by atoms with E-state index in [9.17, 15) is 22.4 Å². The van der Waals surface area contributed by atoms with Crippen LogP contribution in [0.15, 0.2) is 41.7 Å². The van der Waals surface area contributed by atoms with Crippen LogP contribution in [-0.4, -0.2) is 33.2 Å². The van der Waals surface area contributed by atoms with Crippen molar-refractivity contribution in [1.29, 1.82) is 0 Å². The van der Waals surface area contributed by atoms with Gasteiger partial charge in [-0.25, -0.2) is 9.37 Å². The van der Waals surface area contributed by atoms with Crippen molar-refractivity contribution >= 4 is 35.0 Å². The van der Waals surface area contributed by atoms with Crippen LogP contribution >= 0.6 is 23.4 Å². The molecule has 11 heteroatoms. The first-order valence-corrected chi connectivity index (χ1v) is 10.9. The fourth-order valence-corrected chi connectivity index (χ4v) is 4.31. The Morgan fingerprint density at radius 1 is 1.16 bits per heavy atom. The van der Waals surface area contributed by atoms with Crippen molar-refractivity contribution < 1.29 is 22.4 Å². The maximum Gasteiger partial charge on any atom is 0.417 e. The van der Waals surface area contributed by atoms with Gasteiger partial charge in [-0.15, -0.1) is 11.8 Å². The van der Waals surface area contributed by atoms with Crippen LogP contribution in [0.1, 0.15) is 28.7 Å². The highest BCUT2D eigenvalue weighted by Gasteiger charge is 2.35. The zero-order valence-corrected chi connectivity index (χ0v) is 18.2. The minimum atomic E-state index is -4.57. The number of amides is 1. The summed E-state index contributed by atoms with van der Waals surface area (Å²) in [7, 11) is 0. The summed E-state index contributed by atoms with van der Waals surface area (Å²) < 4.78 is 53.7. The highest BCUT2D eigenvalue weighted by molar-refractivity contribution is 7.99. The predicted octanol–water partition coefficient (Wildman–Crippen LogP) is 5.66. The number of hydrogen-bond acceptors (Lipinski definition) is 5. The van der Waals surface area contributed by atoms with Crippen molar-refractivity contribution in [2.75, 3.05) is 17.2 Å². The van der Waals surface area contributed by atoms with E-state index in [4.69, 9.17) is 11.6 Å². The van der Waals surface area contributed by atoms with Crippen LogP contribution in [0.25, 0.3) is 11.3 Å². The molecule has 4 heterocycles. The highest BCUT2D eigenvalue weighted by Crippen LogP contribution is 2.36. The zero-order valence-electron chi connectivity index (χ0n) is 16.6. The summed E-state index contributed by atoms with van der Waals surface area (Å²) in [5.41, 5.74) is 0.0690. The molecule has 0 aromatic carbocycles. The van der Waals surface area contributed by atoms with E-state index in [2.05, 4.69) is 15.0 Å². The Bertz CT molecular complexity index is 1200. The molecule has 1 amide bonds. The van der Waals surface area contributed by atoms with Crippen LogP contribution < -0.4 is 4.90 Å². The van der Waals surface area contributed by atoms with Gasteiger partial charge in [0.15, 0.2) is 5.82 Å². The minimum absolute atomic E-state index is 0.0318. The zero-order chi connectivity index (χ0) is 23.0. The molecule has 0 radical (unpaired) electrons. The van der Waals surface area contributed by atoms with E-state index in [1.54, 1.807) is 6.07 Å². The molecule has 0 saturated carbocycles. The van der Waals surface area contributed by atoms with Crippen molar-refractivity contribution in [1.82, 2.24) is 15.0 Å². The maximum absolute atomic E-state index is 14.3. The Morgan fingerprint density at radius 3 is 2.62 bits per heavy atom. The number of anilines is 1. The van der Waals surface area contributed by atoms with Gasteiger partial charge in [0.1, 0.15) is 11.4 Å². The van der Waals surface area contributed by atoms with Gasteiger partial charge in [-0.3, -0.25) is 14.8 Å². The lowest BCUT2D eigenvalue weighted by Gasteiger charge is -2.19. The SMILES string of the molecule is CCSc1cc(-c2ncc(Cl)cc2F)cnc1C(=O)N1CCc2ncc(C(F)(F)F)cc21. The first-order valence-electron chi connectivity index (χ1n) is 9.51. The van der Waals surface area contributed by atoms with Crippen LogP contribution in [0.2, 0.25) is 5.02 Å². The normalized spacial score (nSPS) is 13.4. The summed E-state index contributed by atoms with van der Waals surface area (Å²) in [6, 6.07) is 3.65. The summed E-state index contributed by atoms with van der Waals surface area (Å²) in [6.07, 6.45) is -0.844. The third-order valence-electron chi connectivity index (χ3n) is 4.82. The Morgan fingerprint density at radius 2 is 1.94 bits per heavy atom. The van der Waals surface area contributed by atoms with E-state index < -0.39 is 23.5 Å². The van der Waals surface area contributed by atoms with Gasteiger partial charge in [-0.05, 0) is 24.0 Å². The number of pyridine rings is 3. The molecule has 0 saturated heterocycles. The highest BCUT2D eigenvalue weighted by atomic mass is 35.5. The van der Waals surface area contributed by atoms with Crippen molar-refractivity contribution in [2.24, 2.45) is 0 Å². The van der Waals surface area contributed by atoms with E-state index in [-0.39, 0.29) is 28.6 Å². The third kappa shape index (κ3) is 4.29. The molecule has 0 bridgehead atoms. The van der Waals surface area contributed by atoms with Crippen molar-refractivity contribution in [3.8, 4) is 11.3 Å². The van der Waals surface area contributed by atoms with Crippen LogP contribution in [-0.2, 0) is 12.6 Å². The molecule has 0 spiro atoms. The molecule has 1 aliphatic heterocycles. The maximum atomic E-state index is 14.3. The molecule has 32 heavy (non-hydrogen) atoms. The Balaban J connectivity index is 1.72. The van der Waals surface area contributed by atoms with E-state index in [0.717, 1.165) is 18.3 Å². The number of alkyl halides is 3. The van der Waals surface area contributed by atoms with Gasteiger partial charge in [-0.2, -0.15) is 13.2 Å². The van der Waals surface area contributed by atoms with Crippen LogP contribution in [0, 0.1) is 5.82 Å². The number of aromatic nitrogens is 3. The van der Waals surface area contributed by atoms with Gasteiger partial charge in [0.25, 0.3) is 5.91 Å². The van der Waals surface area contributed by atoms with Gasteiger partial charge in [0, 0.05) is 42.0 Å². The molecule has 5 nitrogen and oxygen atoms in total. The molecular formula is C21H15ClF4N4OS. The quantitative estimate of drug-likeness (QED) is 0.354. The number of hydrogen-bond donors (Lipinski definition) is 0. The summed E-state index contributed by atoms with van der Waals surface area (Å²) in [5, 5.41) is 0.147. The number of carbonyl (C=O) groups excluding carboxylic acids is 1. The largest absolute Gasteiger partial charge is 0.417 e. The molecule has 4 rings (SSSR count). The van der Waals surface area contributed by atoms with Crippen molar-refractivity contribution in [2.45, 2.75) is 24.4 Å². The number of thioether (sulfide) groups is 1. The fourth-order valence-electron chi connectivity index (χ4n) is 3.37. The van der Waals surface area contributed by atoms with Crippen LogP contribution in [0.5, 0.6) is 0 Å². The second-order valence-corrected chi connectivity index (χ2v) is 8.62. The van der Waals surface area contributed by atoms with E-state index >= 15 is 0 Å². The minimum Gasteiger partial charge on any atom is -0.305 e. The molecule has 1 aliphatic rings. The summed E-state index contributed by atoms with van der Waals surface area (Å²) >= 11 is 7.07. The van der Waals surface area contributed by atoms with Gasteiger partial charge >= 0.3 is 6.18 Å². The molecule has 0 atom stereocenters. The average molecular weight is 483 g/mol. The molecule has 3 aromatic heterocycles. The van der Waals surface area contributed by atoms with Gasteiger partial charge in [-0.1, -0.05) is 18.5 Å². The molecule has 3 aromatic rings. The molecule has 166 valence electrons. The second-order valence-electron chi connectivity index (χ2n) is 6.88. The monoisotopic (exact) mass is 482 g/mol. The van der Waals surface area contributed by atoms with Crippen molar-refractivity contribution in [3.63, 3.8) is 0 Å². The fraction of sp³-hybridized carbons (Fsp3) is 0.238. The summed E-state index contributed by atoms with van der Waals surface area (Å²) in [5.74, 6) is -0.583. The van der Waals surface area contributed by atoms with Crippen LogP contribution in [0.4, 0.5) is 23.2 Å². The predicted molar refractivity (Wildman–Crippen MR) is 113 cm³/mol. The smallest absolute Gasteiger partial charge is 0.305 e. The molecule has 0 N–H and O–H groups in total. The first-order chi connectivity index (χ1) is 15.2. The molecule has 0 unspecified atom stereocenters. The standard InChI is InChI=1S/C21H15ClF4N4OS/c1-2-32-17-5-11(18-14(23)7-13(22)10-29-18)8-28-19(17)20(31)30-4-3-15-16(30)6-12(9-27-15)21(24,25)26/h5-10H,2-4H2,1H3. The Labute approximate surface area is 189 Å². The van der Waals surface area contributed by atoms with E-state index in [0.29, 0.717) is 28.3 Å². The summed E-state index contributed by atoms with van der Waals surface area (Å²) in [4.78, 5) is 27.1. The van der Waals surface area contributed by atoms with Crippen molar-refractivity contribution in [3.05, 3.63) is 64.6 Å².